The third kappa shape index (κ3) is 4.28. The Morgan fingerprint density at radius 2 is 1.62 bits per heavy atom. The molecule has 2 aromatic rings. The van der Waals surface area contributed by atoms with Crippen molar-refractivity contribution in [2.75, 3.05) is 44.2 Å². The van der Waals surface area contributed by atoms with E-state index in [1.807, 2.05) is 0 Å². The van der Waals surface area contributed by atoms with Gasteiger partial charge < -0.3 is 10.0 Å². The summed E-state index contributed by atoms with van der Waals surface area (Å²) < 4.78 is 6.00. The van der Waals surface area contributed by atoms with Crippen LogP contribution >= 0.6 is 23.9 Å². The molecule has 1 aromatic carbocycles. The van der Waals surface area contributed by atoms with Gasteiger partial charge in [0.1, 0.15) is 5.82 Å². The lowest BCUT2D eigenvalue weighted by atomic mass is 9.78. The predicted molar refractivity (Wildman–Crippen MR) is 147 cm³/mol. The molecule has 9 heteroatoms. The van der Waals surface area contributed by atoms with Gasteiger partial charge in [-0.1, -0.05) is 25.0 Å². The van der Waals surface area contributed by atoms with Gasteiger partial charge in [-0.2, -0.15) is 4.37 Å². The van der Waals surface area contributed by atoms with Gasteiger partial charge in [0, 0.05) is 44.7 Å². The summed E-state index contributed by atoms with van der Waals surface area (Å²) in [4.78, 5) is 33.3. The number of hydrogen-bond donors (Lipinski definition) is 1. The van der Waals surface area contributed by atoms with Crippen LogP contribution in [-0.4, -0.2) is 76.5 Å². The number of anilines is 1. The van der Waals surface area contributed by atoms with Crippen molar-refractivity contribution in [3.8, 4) is 0 Å². The molecule has 7 rings (SSSR count). The van der Waals surface area contributed by atoms with Crippen molar-refractivity contribution in [1.82, 2.24) is 14.2 Å². The molecule has 2 amide bonds. The van der Waals surface area contributed by atoms with E-state index in [1.165, 1.54) is 29.3 Å². The molecule has 1 N–H and O–H groups in total. The predicted octanol–water partition coefficient (Wildman–Crippen LogP) is 3.65. The molecule has 5 fully saturated rings. The second-order valence-electron chi connectivity index (χ2n) is 11.9. The number of likely N-dealkylation sites (tertiary alicyclic amines) is 1. The Balaban J connectivity index is 0.00000252. The fraction of sp³-hybridized carbons (Fsp3) is 0.679. The zero-order valence-corrected chi connectivity index (χ0v) is 22.8. The minimum atomic E-state index is -0.392. The van der Waals surface area contributed by atoms with Crippen molar-refractivity contribution in [3.05, 3.63) is 24.3 Å². The number of carbonyl (C=O) groups is 2. The number of halogens is 1. The summed E-state index contributed by atoms with van der Waals surface area (Å²) in [5.41, 5.74) is 0. The highest BCUT2D eigenvalue weighted by Crippen LogP contribution is 2.56. The largest absolute Gasteiger partial charge is 0.393 e. The molecule has 3 heterocycles. The number of aromatic nitrogens is 1. The monoisotopic (exact) mass is 544 g/mol. The maximum absolute atomic E-state index is 13.3. The highest BCUT2D eigenvalue weighted by Gasteiger charge is 2.63. The van der Waals surface area contributed by atoms with Gasteiger partial charge in [-0.25, -0.2) is 0 Å². The number of aliphatic hydroxyl groups is 1. The molecular formula is C28H37ClN4O3S. The zero-order valence-electron chi connectivity index (χ0n) is 21.2. The Bertz CT molecular complexity index is 1170. The number of aliphatic hydroxyl groups excluding tert-OH is 1. The summed E-state index contributed by atoms with van der Waals surface area (Å²) in [6.07, 6.45) is 5.90. The van der Waals surface area contributed by atoms with Crippen LogP contribution in [-0.2, 0) is 9.59 Å². The Hall–Kier alpha value is -1.74. The fourth-order valence-corrected chi connectivity index (χ4v) is 9.04. The molecule has 7 nitrogen and oxygen atoms in total. The molecule has 3 saturated carbocycles. The van der Waals surface area contributed by atoms with Crippen molar-refractivity contribution in [2.45, 2.75) is 44.6 Å². The minimum Gasteiger partial charge on any atom is -0.393 e. The normalized spacial score (nSPS) is 35.9. The van der Waals surface area contributed by atoms with Crippen LogP contribution in [0.1, 0.15) is 38.5 Å². The fourth-order valence-electron chi connectivity index (χ4n) is 8.24. The van der Waals surface area contributed by atoms with E-state index in [0.717, 1.165) is 51.4 Å². The number of rotatable bonds is 5. The zero-order chi connectivity index (χ0) is 24.4. The number of carbonyl (C=O) groups excluding carboxylic acids is 2. The van der Waals surface area contributed by atoms with E-state index in [4.69, 9.17) is 4.37 Å². The van der Waals surface area contributed by atoms with Crippen LogP contribution in [0.3, 0.4) is 0 Å². The molecule has 200 valence electrons. The van der Waals surface area contributed by atoms with E-state index in [2.05, 4.69) is 34.1 Å². The number of fused-ring (bicyclic) bond motifs is 6. The average Bonchev–Trinajstić information content (AvgIpc) is 3.64. The summed E-state index contributed by atoms with van der Waals surface area (Å²) in [5.74, 6) is 1.97. The lowest BCUT2D eigenvalue weighted by Crippen LogP contribution is -2.49. The summed E-state index contributed by atoms with van der Waals surface area (Å²) in [6, 6.07) is 8.49. The second kappa shape index (κ2) is 10.1. The maximum atomic E-state index is 13.3. The minimum absolute atomic E-state index is 0. The summed E-state index contributed by atoms with van der Waals surface area (Å²) >= 11 is 1.58. The lowest BCUT2D eigenvalue weighted by Gasteiger charge is -2.40. The average molecular weight is 545 g/mol. The van der Waals surface area contributed by atoms with Gasteiger partial charge in [0.2, 0.25) is 11.8 Å². The SMILES string of the molecule is Cl.O=C1C2C3CC(O)C(C3)C2C(=O)N1CC1CCCCC1CN1CCN(c2nsc3ccccc23)CC1. The molecule has 7 atom stereocenters. The van der Waals surface area contributed by atoms with Gasteiger partial charge in [-0.05, 0) is 73.0 Å². The summed E-state index contributed by atoms with van der Waals surface area (Å²) in [6.45, 7) is 5.69. The highest BCUT2D eigenvalue weighted by molar-refractivity contribution is 7.13. The van der Waals surface area contributed by atoms with Gasteiger partial charge in [0.15, 0.2) is 0 Å². The number of amides is 2. The van der Waals surface area contributed by atoms with Crippen LogP contribution in [0.25, 0.3) is 10.1 Å². The molecule has 3 aliphatic carbocycles. The summed E-state index contributed by atoms with van der Waals surface area (Å²) in [7, 11) is 0. The smallest absolute Gasteiger partial charge is 0.233 e. The first kappa shape index (κ1) is 25.5. The van der Waals surface area contributed by atoms with Gasteiger partial charge in [0.25, 0.3) is 0 Å². The van der Waals surface area contributed by atoms with Crippen molar-refractivity contribution in [3.63, 3.8) is 0 Å². The number of benzene rings is 1. The van der Waals surface area contributed by atoms with E-state index < -0.39 is 6.10 Å². The standard InChI is InChI=1S/C28H36N4O3S.ClH/c33-22-14-19-13-21(22)25-24(19)27(34)32(28(25)35)16-18-6-2-1-5-17(18)15-30-9-11-31(12-10-30)26-20-7-3-4-8-23(20)36-29-26;/h3-4,7-8,17-19,21-22,24-25,33H,1-2,5-6,9-16H2;1H. The van der Waals surface area contributed by atoms with Gasteiger partial charge >= 0.3 is 0 Å². The van der Waals surface area contributed by atoms with Crippen LogP contribution in [0.5, 0.6) is 0 Å². The second-order valence-corrected chi connectivity index (χ2v) is 12.7. The number of piperazine rings is 1. The van der Waals surface area contributed by atoms with Crippen LogP contribution in [0, 0.1) is 35.5 Å². The maximum Gasteiger partial charge on any atom is 0.233 e. The van der Waals surface area contributed by atoms with Gasteiger partial charge in [-0.15, -0.1) is 12.4 Å². The van der Waals surface area contributed by atoms with Crippen molar-refractivity contribution < 1.29 is 14.7 Å². The lowest BCUT2D eigenvalue weighted by molar-refractivity contribution is -0.142. The summed E-state index contributed by atoms with van der Waals surface area (Å²) in [5, 5.41) is 11.6. The van der Waals surface area contributed by atoms with E-state index in [0.29, 0.717) is 24.8 Å². The number of imide groups is 1. The molecule has 2 saturated heterocycles. The van der Waals surface area contributed by atoms with Crippen molar-refractivity contribution in [1.29, 1.82) is 0 Å². The van der Waals surface area contributed by atoms with E-state index in [9.17, 15) is 14.7 Å². The van der Waals surface area contributed by atoms with Gasteiger partial charge in [-0.3, -0.25) is 19.4 Å². The van der Waals surface area contributed by atoms with E-state index >= 15 is 0 Å². The number of nitrogens with zero attached hydrogens (tertiary/aromatic N) is 4. The van der Waals surface area contributed by atoms with Crippen LogP contribution in [0.4, 0.5) is 5.82 Å². The molecule has 1 aromatic heterocycles. The first-order valence-corrected chi connectivity index (χ1v) is 14.7. The van der Waals surface area contributed by atoms with Crippen molar-refractivity contribution in [2.24, 2.45) is 35.5 Å². The molecule has 5 aliphatic rings. The highest BCUT2D eigenvalue weighted by atomic mass is 35.5. The molecule has 0 radical (unpaired) electrons. The number of hydrogen-bond acceptors (Lipinski definition) is 7. The molecule has 7 unspecified atom stereocenters. The Kier molecular flexibility index (Phi) is 6.97. The molecule has 2 aliphatic heterocycles. The van der Waals surface area contributed by atoms with Crippen LogP contribution < -0.4 is 4.90 Å². The Morgan fingerprint density at radius 3 is 2.41 bits per heavy atom. The van der Waals surface area contributed by atoms with Crippen molar-refractivity contribution >= 4 is 51.7 Å². The third-order valence-corrected chi connectivity index (χ3v) is 10.9. The van der Waals surface area contributed by atoms with Gasteiger partial charge in [0.05, 0.1) is 22.6 Å². The molecule has 2 bridgehead atoms. The van der Waals surface area contributed by atoms with E-state index in [-0.39, 0.29) is 47.9 Å². The Labute approximate surface area is 228 Å². The first-order chi connectivity index (χ1) is 17.6. The first-order valence-electron chi connectivity index (χ1n) is 13.9. The van der Waals surface area contributed by atoms with Crippen LogP contribution in [0.15, 0.2) is 24.3 Å². The van der Waals surface area contributed by atoms with Crippen LogP contribution in [0.2, 0.25) is 0 Å². The quantitative estimate of drug-likeness (QED) is 0.579. The molecule has 37 heavy (non-hydrogen) atoms. The topological polar surface area (TPSA) is 77.0 Å². The molecular weight excluding hydrogens is 508 g/mol. The van der Waals surface area contributed by atoms with E-state index in [1.54, 1.807) is 16.4 Å². The third-order valence-electron chi connectivity index (χ3n) is 10.1. The Morgan fingerprint density at radius 1 is 0.919 bits per heavy atom. The molecule has 0 spiro atoms.